The highest BCUT2D eigenvalue weighted by atomic mass is 32.2. The first-order valence-electron chi connectivity index (χ1n) is 9.57. The van der Waals surface area contributed by atoms with Gasteiger partial charge in [0.15, 0.2) is 0 Å². The van der Waals surface area contributed by atoms with Gasteiger partial charge in [-0.15, -0.1) is 0 Å². The first-order valence-corrected chi connectivity index (χ1v) is 10.3. The van der Waals surface area contributed by atoms with Crippen LogP contribution < -0.4 is 10.2 Å². The molecule has 0 amide bonds. The van der Waals surface area contributed by atoms with E-state index in [0.717, 1.165) is 47.5 Å². The van der Waals surface area contributed by atoms with E-state index in [1.165, 1.54) is 18.0 Å². The summed E-state index contributed by atoms with van der Waals surface area (Å²) in [5.74, 6) is -0.214. The molecule has 3 aromatic rings. The molecule has 4 rings (SSSR count). The number of fused-ring (bicyclic) bond motifs is 1. The number of piperidine rings is 1. The van der Waals surface area contributed by atoms with E-state index in [0.29, 0.717) is 6.04 Å². The lowest BCUT2D eigenvalue weighted by molar-refractivity contribution is 0.443. The minimum Gasteiger partial charge on any atom is -0.368 e. The van der Waals surface area contributed by atoms with Crippen LogP contribution in [0.15, 0.2) is 53.7 Å². The van der Waals surface area contributed by atoms with Crippen molar-refractivity contribution >= 4 is 28.7 Å². The highest BCUT2D eigenvalue weighted by Crippen LogP contribution is 2.34. The number of hydrogen-bond acceptors (Lipinski definition) is 4. The monoisotopic (exact) mass is 386 g/mol. The minimum atomic E-state index is -0.214. The molecule has 2 aromatic heterocycles. The van der Waals surface area contributed by atoms with Crippen molar-refractivity contribution in [2.24, 2.45) is 0 Å². The molecule has 0 aliphatic carbocycles. The number of benzene rings is 1. The second-order valence-electron chi connectivity index (χ2n) is 6.31. The molecule has 0 radical (unpaired) electrons. The van der Waals surface area contributed by atoms with E-state index in [1.807, 2.05) is 39.2 Å². The van der Waals surface area contributed by atoms with Gasteiger partial charge in [0.25, 0.3) is 0 Å². The first kappa shape index (κ1) is 19.7. The Bertz CT molecular complexity index is 871. The maximum atomic E-state index is 13.5. The van der Waals surface area contributed by atoms with Crippen molar-refractivity contribution in [3.63, 3.8) is 0 Å². The van der Waals surface area contributed by atoms with Crippen molar-refractivity contribution in [3.05, 3.63) is 54.6 Å². The molecule has 1 aliphatic heterocycles. The van der Waals surface area contributed by atoms with E-state index in [2.05, 4.69) is 31.4 Å². The summed E-state index contributed by atoms with van der Waals surface area (Å²) in [6.45, 7) is 6.04. The normalized spacial score (nSPS) is 14.9. The van der Waals surface area contributed by atoms with Crippen LogP contribution in [-0.4, -0.2) is 35.1 Å². The summed E-state index contributed by atoms with van der Waals surface area (Å²) in [6.07, 6.45) is 6.23. The number of anilines is 1. The third kappa shape index (κ3) is 4.45. The Balaban J connectivity index is 0.00000102. The lowest BCUT2D eigenvalue weighted by Crippen LogP contribution is -2.41. The Kier molecular flexibility index (Phi) is 6.74. The molecular formula is C21H27FN4S. The molecular weight excluding hydrogens is 359 g/mol. The van der Waals surface area contributed by atoms with Gasteiger partial charge in [-0.25, -0.2) is 4.39 Å². The van der Waals surface area contributed by atoms with Crippen LogP contribution in [0.1, 0.15) is 26.7 Å². The second kappa shape index (κ2) is 9.24. The quantitative estimate of drug-likeness (QED) is 0.688. The number of halogens is 1. The highest BCUT2D eigenvalue weighted by molar-refractivity contribution is 7.98. The fraction of sp³-hybridized carbons (Fsp3) is 0.381. The molecule has 1 aromatic carbocycles. The average Bonchev–Trinajstić information content (AvgIpc) is 3.08. The van der Waals surface area contributed by atoms with Crippen molar-refractivity contribution in [3.8, 4) is 0 Å². The van der Waals surface area contributed by atoms with Crippen LogP contribution in [0, 0.1) is 5.82 Å². The van der Waals surface area contributed by atoms with E-state index in [4.69, 9.17) is 0 Å². The van der Waals surface area contributed by atoms with Gasteiger partial charge in [-0.3, -0.25) is 8.96 Å². The third-order valence-electron chi connectivity index (χ3n) is 4.75. The molecule has 3 heterocycles. The van der Waals surface area contributed by atoms with Crippen molar-refractivity contribution in [1.82, 2.24) is 14.3 Å². The number of nitrogens with one attached hydrogen (secondary N) is 1. The summed E-state index contributed by atoms with van der Waals surface area (Å²) in [5.41, 5.74) is 3.23. The number of hydrogen-bond donors (Lipinski definition) is 1. The van der Waals surface area contributed by atoms with Gasteiger partial charge in [-0.05, 0) is 62.2 Å². The SMILES string of the molecule is CC.CNC1CCN(c2cn(Sc3cccc(F)c3)c3cccnc23)CC1. The van der Waals surface area contributed by atoms with Crippen LogP contribution in [0.3, 0.4) is 0 Å². The standard InChI is InChI=1S/C19H21FN4S.C2H6/c1-21-15-7-10-23(11-8-15)18-13-24(17-6-3-9-22-19(17)18)25-16-5-2-4-14(20)12-16;1-2/h2-6,9,12-13,15,21H,7-8,10-11H2,1H3;1-2H3. The Morgan fingerprint density at radius 1 is 1.15 bits per heavy atom. The molecule has 0 saturated carbocycles. The van der Waals surface area contributed by atoms with E-state index < -0.39 is 0 Å². The smallest absolute Gasteiger partial charge is 0.124 e. The van der Waals surface area contributed by atoms with Gasteiger partial charge in [0.2, 0.25) is 0 Å². The summed E-state index contributed by atoms with van der Waals surface area (Å²) < 4.78 is 15.6. The fourth-order valence-corrected chi connectivity index (χ4v) is 4.30. The summed E-state index contributed by atoms with van der Waals surface area (Å²) in [6, 6.07) is 11.3. The van der Waals surface area contributed by atoms with Gasteiger partial charge in [-0.2, -0.15) is 0 Å². The van der Waals surface area contributed by atoms with E-state index >= 15 is 0 Å². The maximum absolute atomic E-state index is 13.5. The zero-order valence-electron chi connectivity index (χ0n) is 16.2. The van der Waals surface area contributed by atoms with Crippen molar-refractivity contribution < 1.29 is 4.39 Å². The number of aromatic nitrogens is 2. The van der Waals surface area contributed by atoms with Crippen LogP contribution in [0.25, 0.3) is 11.0 Å². The molecule has 1 fully saturated rings. The average molecular weight is 387 g/mol. The summed E-state index contributed by atoms with van der Waals surface area (Å²) in [4.78, 5) is 7.89. The van der Waals surface area contributed by atoms with E-state index in [9.17, 15) is 4.39 Å². The molecule has 1 aliphatic rings. The van der Waals surface area contributed by atoms with Crippen LogP contribution in [-0.2, 0) is 0 Å². The van der Waals surface area contributed by atoms with Gasteiger partial charge in [0.05, 0.1) is 11.2 Å². The van der Waals surface area contributed by atoms with Crippen LogP contribution >= 0.6 is 11.9 Å². The third-order valence-corrected chi connectivity index (χ3v) is 5.71. The maximum Gasteiger partial charge on any atom is 0.124 e. The topological polar surface area (TPSA) is 33.1 Å². The lowest BCUT2D eigenvalue weighted by atomic mass is 10.1. The van der Waals surface area contributed by atoms with E-state index in [-0.39, 0.29) is 5.82 Å². The van der Waals surface area contributed by atoms with Crippen LogP contribution in [0.2, 0.25) is 0 Å². The summed E-state index contributed by atoms with van der Waals surface area (Å²) >= 11 is 1.52. The number of pyridine rings is 1. The molecule has 6 heteroatoms. The van der Waals surface area contributed by atoms with Crippen LogP contribution in [0.4, 0.5) is 10.1 Å². The molecule has 0 bridgehead atoms. The molecule has 144 valence electrons. The minimum absolute atomic E-state index is 0.214. The lowest BCUT2D eigenvalue weighted by Gasteiger charge is -2.32. The predicted molar refractivity (Wildman–Crippen MR) is 113 cm³/mol. The summed E-state index contributed by atoms with van der Waals surface area (Å²) in [7, 11) is 2.03. The molecule has 1 saturated heterocycles. The highest BCUT2D eigenvalue weighted by Gasteiger charge is 2.22. The molecule has 27 heavy (non-hydrogen) atoms. The van der Waals surface area contributed by atoms with Crippen molar-refractivity contribution in [1.29, 1.82) is 0 Å². The molecule has 0 unspecified atom stereocenters. The van der Waals surface area contributed by atoms with Crippen molar-refractivity contribution in [2.75, 3.05) is 25.0 Å². The molecule has 0 spiro atoms. The number of rotatable bonds is 4. The van der Waals surface area contributed by atoms with Gasteiger partial charge in [-0.1, -0.05) is 19.9 Å². The van der Waals surface area contributed by atoms with Gasteiger partial charge >= 0.3 is 0 Å². The van der Waals surface area contributed by atoms with Gasteiger partial charge < -0.3 is 10.2 Å². The Morgan fingerprint density at radius 3 is 2.63 bits per heavy atom. The zero-order valence-corrected chi connectivity index (χ0v) is 17.0. The fourth-order valence-electron chi connectivity index (χ4n) is 3.37. The second-order valence-corrected chi connectivity index (χ2v) is 7.36. The Hall–Kier alpha value is -2.05. The largest absolute Gasteiger partial charge is 0.368 e. The predicted octanol–water partition coefficient (Wildman–Crippen LogP) is 4.95. The molecule has 0 atom stereocenters. The molecule has 1 N–H and O–H groups in total. The van der Waals surface area contributed by atoms with E-state index in [1.54, 1.807) is 12.1 Å². The Labute approximate surface area is 164 Å². The van der Waals surface area contributed by atoms with Crippen LogP contribution in [0.5, 0.6) is 0 Å². The van der Waals surface area contributed by atoms with Gasteiger partial charge in [0.1, 0.15) is 11.3 Å². The summed E-state index contributed by atoms with van der Waals surface area (Å²) in [5, 5.41) is 3.37. The first-order chi connectivity index (χ1) is 13.2. The van der Waals surface area contributed by atoms with Gasteiger partial charge in [0, 0.05) is 36.4 Å². The van der Waals surface area contributed by atoms with Crippen molar-refractivity contribution in [2.45, 2.75) is 37.6 Å². The number of nitrogens with zero attached hydrogens (tertiary/aromatic N) is 3. The zero-order chi connectivity index (χ0) is 19.2. The Morgan fingerprint density at radius 2 is 1.93 bits per heavy atom. The molecule has 4 nitrogen and oxygen atoms in total.